The van der Waals surface area contributed by atoms with Crippen LogP contribution in [0.5, 0.6) is 0 Å². The topological polar surface area (TPSA) is 60.9 Å². The van der Waals surface area contributed by atoms with Crippen LogP contribution in [0.25, 0.3) is 6.08 Å². The lowest BCUT2D eigenvalue weighted by Gasteiger charge is -1.94. The Kier molecular flexibility index (Phi) is 4.20. The lowest BCUT2D eigenvalue weighted by Crippen LogP contribution is -1.88. The van der Waals surface area contributed by atoms with Crippen molar-refractivity contribution in [2.24, 2.45) is 15.6 Å². The third-order valence-corrected chi connectivity index (χ3v) is 1.65. The van der Waals surface area contributed by atoms with E-state index in [0.29, 0.717) is 0 Å². The molecule has 0 radical (unpaired) electrons. The fourth-order valence-corrected chi connectivity index (χ4v) is 0.960. The van der Waals surface area contributed by atoms with E-state index in [4.69, 9.17) is 5.53 Å². The number of hydrogen-bond acceptors (Lipinski definition) is 2. The van der Waals surface area contributed by atoms with Crippen LogP contribution in [0.15, 0.2) is 52.0 Å². The van der Waals surface area contributed by atoms with E-state index in [-0.39, 0.29) is 6.04 Å². The van der Waals surface area contributed by atoms with Gasteiger partial charge in [0.05, 0.1) is 6.04 Å². The summed E-state index contributed by atoms with van der Waals surface area (Å²) in [5.74, 6) is 0. The molecule has 14 heavy (non-hydrogen) atoms. The molecule has 4 nitrogen and oxygen atoms in total. The maximum Gasteiger partial charge on any atom is 0.0886 e. The highest BCUT2D eigenvalue weighted by Gasteiger charge is 1.91. The van der Waals surface area contributed by atoms with Gasteiger partial charge in [-0.25, -0.2) is 0 Å². The molecular formula is C10H12N4. The first-order valence-electron chi connectivity index (χ1n) is 4.33. The molecule has 1 unspecified atom stereocenters. The van der Waals surface area contributed by atoms with Gasteiger partial charge in [-0.3, -0.25) is 0 Å². The second-order valence-electron chi connectivity index (χ2n) is 2.82. The molecule has 0 aliphatic rings. The summed E-state index contributed by atoms with van der Waals surface area (Å²) in [4.78, 5) is 0. The largest absolute Gasteiger partial charge is 0.183 e. The quantitative estimate of drug-likeness (QED) is 0.555. The first kappa shape index (κ1) is 10.2. The van der Waals surface area contributed by atoms with Crippen molar-refractivity contribution in [2.45, 2.75) is 13.0 Å². The molecule has 1 aromatic rings. The number of nitrogens with zero attached hydrogens (tertiary/aromatic N) is 3. The minimum atomic E-state index is -0.0516. The molecule has 0 bridgehead atoms. The SMILES string of the molecule is CC(C=Cc1ccccc1)N=NN=N. The van der Waals surface area contributed by atoms with Gasteiger partial charge in [0.15, 0.2) is 0 Å². The molecule has 0 amide bonds. The highest BCUT2D eigenvalue weighted by molar-refractivity contribution is 5.49. The molecule has 0 aromatic heterocycles. The van der Waals surface area contributed by atoms with E-state index in [9.17, 15) is 0 Å². The molecule has 0 saturated heterocycles. The van der Waals surface area contributed by atoms with E-state index in [1.165, 1.54) is 0 Å². The maximum atomic E-state index is 6.43. The second-order valence-corrected chi connectivity index (χ2v) is 2.82. The van der Waals surface area contributed by atoms with Crippen LogP contribution in [-0.2, 0) is 0 Å². The van der Waals surface area contributed by atoms with Gasteiger partial charge in [-0.05, 0) is 22.9 Å². The minimum absolute atomic E-state index is 0.0516. The standard InChI is InChI=1S/C10H12N4/c1-9(12-14-13-11)7-8-10-5-3-2-4-6-10/h2-9,11H,1H3. The summed E-state index contributed by atoms with van der Waals surface area (Å²) in [7, 11) is 0. The van der Waals surface area contributed by atoms with E-state index in [1.54, 1.807) is 0 Å². The van der Waals surface area contributed by atoms with Gasteiger partial charge < -0.3 is 0 Å². The average Bonchev–Trinajstić information content (AvgIpc) is 2.25. The lowest BCUT2D eigenvalue weighted by atomic mass is 10.2. The maximum absolute atomic E-state index is 6.43. The van der Waals surface area contributed by atoms with Gasteiger partial charge in [-0.15, -0.1) is 0 Å². The average molecular weight is 188 g/mol. The summed E-state index contributed by atoms with van der Waals surface area (Å²) in [5, 5.41) is 9.80. The molecule has 0 heterocycles. The molecule has 1 atom stereocenters. The molecule has 0 spiro atoms. The van der Waals surface area contributed by atoms with Crippen LogP contribution in [-0.4, -0.2) is 6.04 Å². The van der Waals surface area contributed by atoms with Gasteiger partial charge in [-0.1, -0.05) is 42.5 Å². The van der Waals surface area contributed by atoms with Crippen LogP contribution in [0.3, 0.4) is 0 Å². The van der Waals surface area contributed by atoms with Crippen molar-refractivity contribution in [2.75, 3.05) is 0 Å². The van der Waals surface area contributed by atoms with E-state index < -0.39 is 0 Å². The van der Waals surface area contributed by atoms with Crippen LogP contribution in [0.1, 0.15) is 12.5 Å². The number of nitrogens with one attached hydrogen (secondary N) is 1. The van der Waals surface area contributed by atoms with Crippen LogP contribution in [0.4, 0.5) is 0 Å². The molecule has 72 valence electrons. The molecule has 1 aromatic carbocycles. The molecule has 1 rings (SSSR count). The summed E-state index contributed by atoms with van der Waals surface area (Å²) in [6.45, 7) is 1.88. The van der Waals surface area contributed by atoms with Crippen molar-refractivity contribution in [3.63, 3.8) is 0 Å². The second kappa shape index (κ2) is 5.75. The van der Waals surface area contributed by atoms with E-state index >= 15 is 0 Å². The Morgan fingerprint density at radius 2 is 2.00 bits per heavy atom. The van der Waals surface area contributed by atoms with Gasteiger partial charge >= 0.3 is 0 Å². The normalized spacial score (nSPS) is 13.5. The molecule has 0 aliphatic carbocycles. The van der Waals surface area contributed by atoms with Crippen LogP contribution >= 0.6 is 0 Å². The summed E-state index contributed by atoms with van der Waals surface area (Å²) in [5.41, 5.74) is 7.56. The summed E-state index contributed by atoms with van der Waals surface area (Å²) in [6.07, 6.45) is 3.87. The monoisotopic (exact) mass is 188 g/mol. The number of rotatable bonds is 4. The van der Waals surface area contributed by atoms with Crippen molar-refractivity contribution in [3.8, 4) is 0 Å². The van der Waals surface area contributed by atoms with Crippen molar-refractivity contribution in [1.29, 1.82) is 5.53 Å². The minimum Gasteiger partial charge on any atom is -0.183 e. The Balaban J connectivity index is 2.56. The number of hydrogen-bond donors (Lipinski definition) is 1. The fraction of sp³-hybridized carbons (Fsp3) is 0.200. The molecule has 0 aliphatic heterocycles. The van der Waals surface area contributed by atoms with Gasteiger partial charge in [0.1, 0.15) is 0 Å². The zero-order valence-corrected chi connectivity index (χ0v) is 7.96. The highest BCUT2D eigenvalue weighted by Crippen LogP contribution is 2.03. The van der Waals surface area contributed by atoms with Crippen molar-refractivity contribution in [1.82, 2.24) is 0 Å². The number of benzene rings is 1. The van der Waals surface area contributed by atoms with E-state index in [0.717, 1.165) is 5.56 Å². The van der Waals surface area contributed by atoms with E-state index in [1.807, 2.05) is 49.4 Å². The predicted octanol–water partition coefficient (Wildman–Crippen LogP) is 3.49. The zero-order chi connectivity index (χ0) is 10.2. The Morgan fingerprint density at radius 3 is 2.64 bits per heavy atom. The Morgan fingerprint density at radius 1 is 1.29 bits per heavy atom. The molecule has 1 N–H and O–H groups in total. The van der Waals surface area contributed by atoms with Crippen LogP contribution < -0.4 is 0 Å². The zero-order valence-electron chi connectivity index (χ0n) is 7.96. The first-order chi connectivity index (χ1) is 6.83. The molecule has 0 saturated carbocycles. The third kappa shape index (κ3) is 3.71. The van der Waals surface area contributed by atoms with Crippen molar-refractivity contribution < 1.29 is 0 Å². The molecular weight excluding hydrogens is 176 g/mol. The first-order valence-corrected chi connectivity index (χ1v) is 4.33. The lowest BCUT2D eigenvalue weighted by molar-refractivity contribution is 0.776. The summed E-state index contributed by atoms with van der Waals surface area (Å²) >= 11 is 0. The van der Waals surface area contributed by atoms with Gasteiger partial charge in [0.2, 0.25) is 0 Å². The fourth-order valence-electron chi connectivity index (χ4n) is 0.960. The van der Waals surface area contributed by atoms with Crippen LogP contribution in [0, 0.1) is 5.53 Å². The van der Waals surface area contributed by atoms with E-state index in [2.05, 4.69) is 15.6 Å². The smallest absolute Gasteiger partial charge is 0.0886 e. The summed E-state index contributed by atoms with van der Waals surface area (Å²) < 4.78 is 0. The Labute approximate surface area is 82.9 Å². The van der Waals surface area contributed by atoms with Gasteiger partial charge in [0, 0.05) is 0 Å². The predicted molar refractivity (Wildman–Crippen MR) is 54.9 cm³/mol. The molecule has 0 fully saturated rings. The highest BCUT2D eigenvalue weighted by atomic mass is 15.4. The molecule has 4 heteroatoms. The van der Waals surface area contributed by atoms with Crippen LogP contribution in [0.2, 0.25) is 0 Å². The van der Waals surface area contributed by atoms with Gasteiger partial charge in [-0.2, -0.15) is 10.6 Å². The van der Waals surface area contributed by atoms with Crippen molar-refractivity contribution in [3.05, 3.63) is 42.0 Å². The third-order valence-electron chi connectivity index (χ3n) is 1.65. The van der Waals surface area contributed by atoms with Gasteiger partial charge in [0.25, 0.3) is 0 Å². The van der Waals surface area contributed by atoms with Crippen molar-refractivity contribution >= 4 is 6.08 Å². The summed E-state index contributed by atoms with van der Waals surface area (Å²) in [6, 6.07) is 9.89. The Hall–Kier alpha value is -1.84. The Bertz CT molecular complexity index is 329.